The highest BCUT2D eigenvalue weighted by Gasteiger charge is 2.15. The van der Waals surface area contributed by atoms with Crippen LogP contribution in [0.4, 0.5) is 5.69 Å². The maximum atomic E-state index is 12.3. The average Bonchev–Trinajstić information content (AvgIpc) is 3.09. The van der Waals surface area contributed by atoms with Crippen molar-refractivity contribution in [2.45, 2.75) is 19.6 Å². The third-order valence-corrected chi connectivity index (χ3v) is 4.02. The molecule has 2 aromatic carbocycles. The number of benzene rings is 2. The minimum absolute atomic E-state index is 0.219. The molecule has 2 N–H and O–H groups in total. The summed E-state index contributed by atoms with van der Waals surface area (Å²) in [5, 5.41) is 12.6. The summed E-state index contributed by atoms with van der Waals surface area (Å²) < 4.78 is 7.61. The molecule has 29 heavy (non-hydrogen) atoms. The molecule has 10 nitrogen and oxygen atoms in total. The summed E-state index contributed by atoms with van der Waals surface area (Å²) in [5.74, 6) is -0.0657. The first-order valence-electron chi connectivity index (χ1n) is 8.84. The number of amides is 2. The normalized spacial score (nSPS) is 11.5. The van der Waals surface area contributed by atoms with Gasteiger partial charge in [0, 0.05) is 12.7 Å². The van der Waals surface area contributed by atoms with Gasteiger partial charge in [-0.2, -0.15) is 9.36 Å². The van der Waals surface area contributed by atoms with Crippen LogP contribution in [0.3, 0.4) is 0 Å². The van der Waals surface area contributed by atoms with E-state index < -0.39 is 11.8 Å². The molecule has 0 bridgehead atoms. The number of para-hydroxylation sites is 1. The molecule has 2 amide bonds. The second-order valence-electron chi connectivity index (χ2n) is 6.11. The number of hydrogen-bond donors (Lipinski definition) is 2. The molecule has 1 unspecified atom stereocenters. The van der Waals surface area contributed by atoms with Crippen molar-refractivity contribution in [1.29, 1.82) is 0 Å². The van der Waals surface area contributed by atoms with E-state index in [1.54, 1.807) is 43.3 Å². The fourth-order valence-electron chi connectivity index (χ4n) is 2.44. The first kappa shape index (κ1) is 19.8. The van der Waals surface area contributed by atoms with E-state index in [1.165, 1.54) is 7.05 Å². The Labute approximate surface area is 166 Å². The van der Waals surface area contributed by atoms with Crippen molar-refractivity contribution < 1.29 is 14.3 Å². The van der Waals surface area contributed by atoms with Crippen molar-refractivity contribution in [3.63, 3.8) is 0 Å². The highest BCUT2D eigenvalue weighted by atomic mass is 16.5. The van der Waals surface area contributed by atoms with Gasteiger partial charge in [0.2, 0.25) is 5.91 Å². The molecule has 1 atom stereocenters. The predicted octanol–water partition coefficient (Wildman–Crippen LogP) is 0.581. The number of hydrogen-bond acceptors (Lipinski definition) is 6. The van der Waals surface area contributed by atoms with Crippen LogP contribution in [0.2, 0.25) is 0 Å². The van der Waals surface area contributed by atoms with Gasteiger partial charge < -0.3 is 15.4 Å². The van der Waals surface area contributed by atoms with Gasteiger partial charge in [-0.25, -0.2) is 4.79 Å². The summed E-state index contributed by atoms with van der Waals surface area (Å²) in [6.45, 7) is 1.43. The molecule has 0 saturated carbocycles. The van der Waals surface area contributed by atoms with Crippen LogP contribution in [0.25, 0.3) is 5.69 Å². The SMILES string of the molecule is CNC(=O)Cn1nnn(-c2ccc(NC(=O)C(C)Oc3ccccc3)cc2)c1=O. The zero-order valence-corrected chi connectivity index (χ0v) is 15.9. The number of tetrazole rings is 1. The van der Waals surface area contributed by atoms with Gasteiger partial charge >= 0.3 is 5.69 Å². The molecule has 3 rings (SSSR count). The molecule has 0 aliphatic rings. The monoisotopic (exact) mass is 396 g/mol. The highest BCUT2D eigenvalue weighted by Crippen LogP contribution is 2.14. The lowest BCUT2D eigenvalue weighted by Crippen LogP contribution is -2.31. The van der Waals surface area contributed by atoms with E-state index in [2.05, 4.69) is 21.1 Å². The van der Waals surface area contributed by atoms with Crippen molar-refractivity contribution in [2.24, 2.45) is 0 Å². The van der Waals surface area contributed by atoms with Gasteiger partial charge in [0.1, 0.15) is 12.3 Å². The number of ether oxygens (including phenoxy) is 1. The van der Waals surface area contributed by atoms with Gasteiger partial charge in [-0.15, -0.1) is 0 Å². The van der Waals surface area contributed by atoms with Crippen molar-refractivity contribution in [1.82, 2.24) is 25.1 Å². The predicted molar refractivity (Wildman–Crippen MR) is 105 cm³/mol. The van der Waals surface area contributed by atoms with Crippen LogP contribution >= 0.6 is 0 Å². The third-order valence-electron chi connectivity index (χ3n) is 4.02. The van der Waals surface area contributed by atoms with Crippen molar-refractivity contribution >= 4 is 17.5 Å². The van der Waals surface area contributed by atoms with Crippen LogP contribution in [0, 0.1) is 0 Å². The lowest BCUT2D eigenvalue weighted by molar-refractivity contribution is -0.122. The molecule has 0 aliphatic heterocycles. The molecular weight excluding hydrogens is 376 g/mol. The molecule has 0 radical (unpaired) electrons. The van der Waals surface area contributed by atoms with Gasteiger partial charge in [-0.3, -0.25) is 9.59 Å². The Hall–Kier alpha value is -3.95. The molecule has 3 aromatic rings. The number of carbonyl (C=O) groups excluding carboxylic acids is 2. The van der Waals surface area contributed by atoms with Crippen LogP contribution in [0.15, 0.2) is 59.4 Å². The van der Waals surface area contributed by atoms with Crippen LogP contribution in [0.1, 0.15) is 6.92 Å². The molecule has 1 heterocycles. The Morgan fingerprint density at radius 2 is 1.76 bits per heavy atom. The molecule has 1 aromatic heterocycles. The Kier molecular flexibility index (Phi) is 6.03. The minimum Gasteiger partial charge on any atom is -0.481 e. The van der Waals surface area contributed by atoms with E-state index in [0.717, 1.165) is 9.36 Å². The number of nitrogens with one attached hydrogen (secondary N) is 2. The van der Waals surface area contributed by atoms with Crippen LogP contribution in [-0.4, -0.2) is 44.8 Å². The van der Waals surface area contributed by atoms with Gasteiger partial charge in [0.25, 0.3) is 5.91 Å². The molecule has 0 spiro atoms. The quantitative estimate of drug-likeness (QED) is 0.603. The lowest BCUT2D eigenvalue weighted by Gasteiger charge is -2.14. The topological polar surface area (TPSA) is 120 Å². The number of likely N-dealkylation sites (N-methyl/N-ethyl adjacent to an activating group) is 1. The van der Waals surface area contributed by atoms with E-state index in [0.29, 0.717) is 17.1 Å². The Morgan fingerprint density at radius 1 is 1.07 bits per heavy atom. The highest BCUT2D eigenvalue weighted by molar-refractivity contribution is 5.94. The first-order chi connectivity index (χ1) is 14.0. The Bertz CT molecular complexity index is 1040. The summed E-state index contributed by atoms with van der Waals surface area (Å²) in [7, 11) is 1.47. The van der Waals surface area contributed by atoms with Gasteiger partial charge in [0.05, 0.1) is 5.69 Å². The zero-order valence-electron chi connectivity index (χ0n) is 15.9. The molecule has 150 valence electrons. The van der Waals surface area contributed by atoms with E-state index >= 15 is 0 Å². The van der Waals surface area contributed by atoms with Crippen LogP contribution in [0.5, 0.6) is 5.75 Å². The first-order valence-corrected chi connectivity index (χ1v) is 8.84. The molecule has 0 fully saturated rings. The van der Waals surface area contributed by atoms with E-state index in [1.807, 2.05) is 18.2 Å². The zero-order chi connectivity index (χ0) is 20.8. The summed E-state index contributed by atoms with van der Waals surface area (Å²) in [6, 6.07) is 15.5. The van der Waals surface area contributed by atoms with E-state index in [4.69, 9.17) is 4.74 Å². The largest absolute Gasteiger partial charge is 0.481 e. The summed E-state index contributed by atoms with van der Waals surface area (Å²) >= 11 is 0. The second-order valence-corrected chi connectivity index (χ2v) is 6.11. The maximum Gasteiger partial charge on any atom is 0.368 e. The average molecular weight is 396 g/mol. The minimum atomic E-state index is -0.690. The number of aromatic nitrogens is 4. The lowest BCUT2D eigenvalue weighted by atomic mass is 10.2. The van der Waals surface area contributed by atoms with E-state index in [-0.39, 0.29) is 18.4 Å². The maximum absolute atomic E-state index is 12.3. The van der Waals surface area contributed by atoms with Gasteiger partial charge in [-0.1, -0.05) is 18.2 Å². The Balaban J connectivity index is 1.65. The standard InChI is InChI=1S/C19H20N6O4/c1-13(29-16-6-4-3-5-7-16)18(27)21-14-8-10-15(11-9-14)25-19(28)24(22-23-25)12-17(26)20-2/h3-11,13H,12H2,1-2H3,(H,20,26)(H,21,27). The van der Waals surface area contributed by atoms with Crippen molar-refractivity contribution in [3.8, 4) is 11.4 Å². The van der Waals surface area contributed by atoms with Crippen LogP contribution in [-0.2, 0) is 16.1 Å². The fraction of sp³-hybridized carbons (Fsp3) is 0.211. The third kappa shape index (κ3) is 4.86. The van der Waals surface area contributed by atoms with Crippen molar-refractivity contribution in [3.05, 3.63) is 65.1 Å². The Morgan fingerprint density at radius 3 is 2.41 bits per heavy atom. The second kappa shape index (κ2) is 8.83. The number of anilines is 1. The summed E-state index contributed by atoms with van der Waals surface area (Å²) in [6.07, 6.45) is -0.690. The fourth-order valence-corrected chi connectivity index (χ4v) is 2.44. The summed E-state index contributed by atoms with van der Waals surface area (Å²) in [5.41, 5.74) is 0.438. The number of carbonyl (C=O) groups is 2. The summed E-state index contributed by atoms with van der Waals surface area (Å²) in [4.78, 5) is 36.0. The molecular formula is C19H20N6O4. The molecule has 0 saturated heterocycles. The van der Waals surface area contributed by atoms with E-state index in [9.17, 15) is 14.4 Å². The van der Waals surface area contributed by atoms with Crippen molar-refractivity contribution in [2.75, 3.05) is 12.4 Å². The number of rotatable bonds is 7. The van der Waals surface area contributed by atoms with Gasteiger partial charge in [0.15, 0.2) is 6.10 Å². The van der Waals surface area contributed by atoms with Crippen LogP contribution < -0.4 is 21.1 Å². The molecule has 10 heteroatoms. The molecule has 0 aliphatic carbocycles. The van der Waals surface area contributed by atoms with Gasteiger partial charge in [-0.05, 0) is 53.7 Å². The smallest absolute Gasteiger partial charge is 0.368 e. The number of nitrogens with zero attached hydrogens (tertiary/aromatic N) is 4.